The van der Waals surface area contributed by atoms with Gasteiger partial charge in [-0.3, -0.25) is 9.89 Å². The summed E-state index contributed by atoms with van der Waals surface area (Å²) in [7, 11) is 0. The molecule has 0 aliphatic carbocycles. The number of amides is 1. The predicted molar refractivity (Wildman–Crippen MR) is 112 cm³/mol. The van der Waals surface area contributed by atoms with Gasteiger partial charge in [-0.25, -0.2) is 23.9 Å². The van der Waals surface area contributed by atoms with Gasteiger partial charge in [0.05, 0.1) is 24.3 Å². The van der Waals surface area contributed by atoms with Crippen molar-refractivity contribution in [1.82, 2.24) is 30.0 Å². The number of nitrogens with zero attached hydrogens (tertiary/aromatic N) is 5. The molecule has 3 heterocycles. The summed E-state index contributed by atoms with van der Waals surface area (Å²) in [4.78, 5) is 32.8. The molecule has 1 amide bonds. The Balaban J connectivity index is 1.70. The molecule has 0 aliphatic rings. The van der Waals surface area contributed by atoms with Crippen LogP contribution < -0.4 is 15.6 Å². The van der Waals surface area contributed by atoms with E-state index in [0.717, 1.165) is 16.9 Å². The number of rotatable bonds is 6. The highest BCUT2D eigenvalue weighted by Gasteiger charge is 2.25. The number of carbonyl (C=O) groups is 2. The molecule has 0 saturated heterocycles. The summed E-state index contributed by atoms with van der Waals surface area (Å²) in [5, 5.41) is 19.0. The normalized spacial score (nSPS) is 11.3. The van der Waals surface area contributed by atoms with E-state index in [-0.39, 0.29) is 23.6 Å². The van der Waals surface area contributed by atoms with Crippen LogP contribution in [0.15, 0.2) is 18.2 Å². The number of carboxylic acids is 1. The monoisotopic (exact) mass is 423 g/mol. The lowest BCUT2D eigenvalue weighted by molar-refractivity contribution is -0.676. The zero-order chi connectivity index (χ0) is 22.3. The Kier molecular flexibility index (Phi) is 5.01. The van der Waals surface area contributed by atoms with Gasteiger partial charge in [-0.2, -0.15) is 5.10 Å². The van der Waals surface area contributed by atoms with Crippen LogP contribution in [0.1, 0.15) is 46.2 Å². The minimum Gasteiger partial charge on any atom is -0.478 e. The van der Waals surface area contributed by atoms with E-state index < -0.39 is 11.9 Å². The van der Waals surface area contributed by atoms with E-state index >= 15 is 0 Å². The Morgan fingerprint density at radius 1 is 1.29 bits per heavy atom. The van der Waals surface area contributed by atoms with Crippen LogP contribution in [0.4, 0.5) is 5.82 Å². The number of aryl methyl sites for hydroxylation is 3. The molecule has 11 heteroatoms. The summed E-state index contributed by atoms with van der Waals surface area (Å²) in [5.74, 6) is -0.584. The van der Waals surface area contributed by atoms with E-state index in [4.69, 9.17) is 5.73 Å². The number of H-pyrrole nitrogens is 1. The first-order valence-corrected chi connectivity index (χ1v) is 9.90. The van der Waals surface area contributed by atoms with Gasteiger partial charge in [0.15, 0.2) is 28.2 Å². The van der Waals surface area contributed by atoms with Gasteiger partial charge in [0.25, 0.3) is 11.7 Å². The SMILES string of the molecule is CCn1c(CNC(=O)c2nc3c(C)n[nH]c3nc2N)[n+](CC)c2ccc(C(=O)O)cc21. The Morgan fingerprint density at radius 3 is 2.74 bits per heavy atom. The molecule has 0 spiro atoms. The number of nitrogen functional groups attached to an aromatic ring is 1. The van der Waals surface area contributed by atoms with E-state index in [1.54, 1.807) is 25.1 Å². The molecule has 0 saturated carbocycles. The number of carboxylic acid groups (broad SMARTS) is 1. The van der Waals surface area contributed by atoms with Gasteiger partial charge in [0, 0.05) is 6.07 Å². The first-order valence-electron chi connectivity index (χ1n) is 9.90. The standard InChI is InChI=1S/C20H22N8O3/c1-4-27-12-7-6-11(20(30)31)8-13(12)28(5-2)14(27)9-22-19(29)16-17(21)24-18-15(23-16)10(3)25-26-18/h6-8H,4-5,9H2,1-3H3,(H4-,21,22,23,24,25,26,29,30,31)/p+1. The minimum absolute atomic E-state index is 0.0131. The summed E-state index contributed by atoms with van der Waals surface area (Å²) >= 11 is 0. The minimum atomic E-state index is -0.984. The second-order valence-corrected chi connectivity index (χ2v) is 7.06. The highest BCUT2D eigenvalue weighted by Crippen LogP contribution is 2.18. The highest BCUT2D eigenvalue weighted by atomic mass is 16.4. The number of aromatic carboxylic acids is 1. The van der Waals surface area contributed by atoms with Crippen LogP contribution in [0, 0.1) is 6.92 Å². The Bertz CT molecular complexity index is 1340. The van der Waals surface area contributed by atoms with Gasteiger partial charge in [-0.05, 0) is 32.9 Å². The van der Waals surface area contributed by atoms with Crippen molar-refractivity contribution in [3.63, 3.8) is 0 Å². The maximum atomic E-state index is 12.9. The lowest BCUT2D eigenvalue weighted by Gasteiger charge is -2.07. The summed E-state index contributed by atoms with van der Waals surface area (Å²) in [6.07, 6.45) is 0. The zero-order valence-electron chi connectivity index (χ0n) is 17.4. The maximum Gasteiger partial charge on any atom is 0.335 e. The Hall–Kier alpha value is -4.02. The summed E-state index contributed by atoms with van der Waals surface area (Å²) < 4.78 is 4.03. The van der Waals surface area contributed by atoms with Gasteiger partial charge >= 0.3 is 5.97 Å². The fraction of sp³-hybridized carbons (Fsp3) is 0.300. The second-order valence-electron chi connectivity index (χ2n) is 7.06. The number of aromatic nitrogens is 6. The third-order valence-corrected chi connectivity index (χ3v) is 5.28. The van der Waals surface area contributed by atoms with Crippen molar-refractivity contribution < 1.29 is 19.3 Å². The van der Waals surface area contributed by atoms with Crippen molar-refractivity contribution in [3.8, 4) is 0 Å². The van der Waals surface area contributed by atoms with Crippen molar-refractivity contribution in [3.05, 3.63) is 41.0 Å². The number of nitrogens with two attached hydrogens (primary N) is 1. The molecular formula is C20H23N8O3+. The van der Waals surface area contributed by atoms with Crippen LogP contribution in [0.3, 0.4) is 0 Å². The average molecular weight is 423 g/mol. The van der Waals surface area contributed by atoms with Gasteiger partial charge in [0.2, 0.25) is 0 Å². The Morgan fingerprint density at radius 2 is 2.06 bits per heavy atom. The van der Waals surface area contributed by atoms with Crippen molar-refractivity contribution >= 4 is 39.9 Å². The predicted octanol–water partition coefficient (Wildman–Crippen LogP) is 1.15. The lowest BCUT2D eigenvalue weighted by atomic mass is 10.2. The number of imidazole rings is 1. The third kappa shape index (κ3) is 3.33. The van der Waals surface area contributed by atoms with Gasteiger partial charge < -0.3 is 16.2 Å². The van der Waals surface area contributed by atoms with E-state index in [1.807, 2.05) is 23.0 Å². The summed E-state index contributed by atoms with van der Waals surface area (Å²) in [6.45, 7) is 7.21. The number of hydrogen-bond acceptors (Lipinski definition) is 6. The average Bonchev–Trinajstić information content (AvgIpc) is 3.26. The molecule has 4 aromatic rings. The number of carbonyl (C=O) groups excluding carboxylic acids is 1. The summed E-state index contributed by atoms with van der Waals surface area (Å²) in [6, 6.07) is 5.02. The fourth-order valence-corrected chi connectivity index (χ4v) is 3.80. The first kappa shape index (κ1) is 20.3. The van der Waals surface area contributed by atoms with Crippen LogP contribution in [-0.4, -0.2) is 41.7 Å². The molecular weight excluding hydrogens is 400 g/mol. The van der Waals surface area contributed by atoms with Crippen molar-refractivity contribution in [2.75, 3.05) is 5.73 Å². The van der Waals surface area contributed by atoms with Crippen LogP contribution >= 0.6 is 0 Å². The van der Waals surface area contributed by atoms with Crippen LogP contribution in [-0.2, 0) is 19.6 Å². The zero-order valence-corrected chi connectivity index (χ0v) is 17.4. The van der Waals surface area contributed by atoms with Crippen molar-refractivity contribution in [2.24, 2.45) is 0 Å². The number of hydrogen-bond donors (Lipinski definition) is 4. The molecule has 0 bridgehead atoms. The van der Waals surface area contributed by atoms with Gasteiger partial charge in [-0.1, -0.05) is 0 Å². The second kappa shape index (κ2) is 7.67. The maximum absolute atomic E-state index is 12.9. The molecule has 0 unspecified atom stereocenters. The highest BCUT2D eigenvalue weighted by molar-refractivity contribution is 5.98. The quantitative estimate of drug-likeness (QED) is 0.339. The van der Waals surface area contributed by atoms with Gasteiger partial charge in [-0.15, -0.1) is 0 Å². The number of aromatic amines is 1. The van der Waals surface area contributed by atoms with E-state index in [0.29, 0.717) is 29.9 Å². The van der Waals surface area contributed by atoms with Crippen molar-refractivity contribution in [2.45, 2.75) is 40.4 Å². The van der Waals surface area contributed by atoms with Gasteiger partial charge in [0.1, 0.15) is 12.1 Å². The Labute approximate surface area is 176 Å². The molecule has 0 atom stereocenters. The molecule has 4 rings (SSSR count). The molecule has 31 heavy (non-hydrogen) atoms. The molecule has 5 N–H and O–H groups in total. The first-order chi connectivity index (χ1) is 14.8. The number of nitrogens with one attached hydrogen (secondary N) is 2. The lowest BCUT2D eigenvalue weighted by Crippen LogP contribution is -2.40. The molecule has 3 aromatic heterocycles. The van der Waals surface area contributed by atoms with E-state index in [1.165, 1.54) is 0 Å². The molecule has 1 aromatic carbocycles. The van der Waals surface area contributed by atoms with Crippen LogP contribution in [0.5, 0.6) is 0 Å². The summed E-state index contributed by atoms with van der Waals surface area (Å²) in [5.41, 5.74) is 9.42. The van der Waals surface area contributed by atoms with Crippen LogP contribution in [0.2, 0.25) is 0 Å². The number of benzene rings is 1. The molecule has 0 aliphatic heterocycles. The largest absolute Gasteiger partial charge is 0.478 e. The smallest absolute Gasteiger partial charge is 0.335 e. The number of fused-ring (bicyclic) bond motifs is 2. The molecule has 11 nitrogen and oxygen atoms in total. The van der Waals surface area contributed by atoms with E-state index in [2.05, 4.69) is 25.5 Å². The van der Waals surface area contributed by atoms with Crippen LogP contribution in [0.25, 0.3) is 22.2 Å². The molecule has 0 radical (unpaired) electrons. The van der Waals surface area contributed by atoms with Crippen molar-refractivity contribution in [1.29, 1.82) is 0 Å². The fourth-order valence-electron chi connectivity index (χ4n) is 3.80. The topological polar surface area (TPSA) is 156 Å². The molecule has 0 fully saturated rings. The molecule has 160 valence electrons. The number of anilines is 1. The van der Waals surface area contributed by atoms with E-state index in [9.17, 15) is 14.7 Å². The third-order valence-electron chi connectivity index (χ3n) is 5.28.